The fourth-order valence-electron chi connectivity index (χ4n) is 2.39. The summed E-state index contributed by atoms with van der Waals surface area (Å²) in [6.07, 6.45) is 16.3. The lowest BCUT2D eigenvalue weighted by Crippen LogP contribution is -2.27. The van der Waals surface area contributed by atoms with Gasteiger partial charge >= 0.3 is 0 Å². The van der Waals surface area contributed by atoms with Crippen LogP contribution < -0.4 is 0 Å². The lowest BCUT2D eigenvalue weighted by molar-refractivity contribution is 0.620. The Bertz CT molecular complexity index is 395. The van der Waals surface area contributed by atoms with E-state index in [1.807, 2.05) is 11.8 Å². The quantitative estimate of drug-likeness (QED) is 0.592. The van der Waals surface area contributed by atoms with Gasteiger partial charge in [0.2, 0.25) is 0 Å². The maximum absolute atomic E-state index is 4.99. The lowest BCUT2D eigenvalue weighted by atomic mass is 9.77. The van der Waals surface area contributed by atoms with Crippen LogP contribution >= 0.6 is 11.8 Å². The van der Waals surface area contributed by atoms with Crippen molar-refractivity contribution in [2.45, 2.75) is 52.3 Å². The SMILES string of the molecule is CCC(=NC(CC)SC)C(C)(C)C1=CCC=CC=C1. The molecule has 106 valence electrons. The van der Waals surface area contributed by atoms with Crippen LogP contribution in [0.3, 0.4) is 0 Å². The number of nitrogens with zero attached hydrogens (tertiary/aromatic N) is 1. The third kappa shape index (κ3) is 4.38. The summed E-state index contributed by atoms with van der Waals surface area (Å²) < 4.78 is 0. The summed E-state index contributed by atoms with van der Waals surface area (Å²) in [7, 11) is 0. The minimum absolute atomic E-state index is 0.0282. The third-order valence-corrected chi connectivity index (χ3v) is 4.68. The molecule has 0 saturated heterocycles. The lowest BCUT2D eigenvalue weighted by Gasteiger charge is -2.29. The molecule has 0 amide bonds. The summed E-state index contributed by atoms with van der Waals surface area (Å²) in [5.74, 6) is 0. The first-order chi connectivity index (χ1) is 9.06. The fourth-order valence-corrected chi connectivity index (χ4v) is 2.95. The van der Waals surface area contributed by atoms with Gasteiger partial charge in [-0.25, -0.2) is 0 Å². The molecule has 0 aromatic carbocycles. The molecule has 1 rings (SSSR count). The maximum Gasteiger partial charge on any atom is 0.0945 e. The van der Waals surface area contributed by atoms with E-state index < -0.39 is 0 Å². The van der Waals surface area contributed by atoms with Crippen molar-refractivity contribution in [3.63, 3.8) is 0 Å². The molecule has 1 aliphatic rings. The molecule has 0 spiro atoms. The summed E-state index contributed by atoms with van der Waals surface area (Å²) >= 11 is 1.84. The first-order valence-corrected chi connectivity index (χ1v) is 8.48. The Morgan fingerprint density at radius 3 is 2.68 bits per heavy atom. The first-order valence-electron chi connectivity index (χ1n) is 7.20. The number of aliphatic imine (C=N–C) groups is 1. The molecule has 0 aliphatic heterocycles. The zero-order chi connectivity index (χ0) is 14.3. The van der Waals surface area contributed by atoms with E-state index in [-0.39, 0.29) is 5.41 Å². The zero-order valence-electron chi connectivity index (χ0n) is 12.9. The Kier molecular flexibility index (Phi) is 6.64. The van der Waals surface area contributed by atoms with Crippen molar-refractivity contribution in [1.29, 1.82) is 0 Å². The molecule has 1 unspecified atom stereocenters. The highest BCUT2D eigenvalue weighted by Gasteiger charge is 2.27. The molecular weight excluding hydrogens is 250 g/mol. The molecule has 0 heterocycles. The van der Waals surface area contributed by atoms with Gasteiger partial charge in [-0.15, -0.1) is 11.8 Å². The Morgan fingerprint density at radius 1 is 1.37 bits per heavy atom. The minimum atomic E-state index is 0.0282. The second-order valence-corrected chi connectivity index (χ2v) is 6.35. The molecule has 0 bridgehead atoms. The van der Waals surface area contributed by atoms with E-state index >= 15 is 0 Å². The van der Waals surface area contributed by atoms with Gasteiger partial charge in [0.15, 0.2) is 0 Å². The standard InChI is InChI=1S/C17H27NS/c1-6-15(18-16(7-2)19-5)17(3,4)14-12-10-8-9-11-13-14/h8-10,12-13,16H,6-7,11H2,1-5H3. The summed E-state index contributed by atoms with van der Waals surface area (Å²) in [5, 5.41) is 0.391. The number of hydrogen-bond acceptors (Lipinski definition) is 2. The van der Waals surface area contributed by atoms with Gasteiger partial charge < -0.3 is 0 Å². The molecule has 2 heteroatoms. The van der Waals surface area contributed by atoms with Gasteiger partial charge in [0.1, 0.15) is 0 Å². The smallest absolute Gasteiger partial charge is 0.0945 e. The predicted molar refractivity (Wildman–Crippen MR) is 90.1 cm³/mol. The van der Waals surface area contributed by atoms with Gasteiger partial charge in [-0.1, -0.05) is 58.1 Å². The van der Waals surface area contributed by atoms with Crippen LogP contribution in [0.1, 0.15) is 47.0 Å². The van der Waals surface area contributed by atoms with Gasteiger partial charge in [0.25, 0.3) is 0 Å². The molecule has 0 aromatic heterocycles. The first kappa shape index (κ1) is 16.3. The Morgan fingerprint density at radius 2 is 2.11 bits per heavy atom. The number of rotatable bonds is 6. The average Bonchev–Trinajstić information content (AvgIpc) is 2.69. The molecule has 1 nitrogen and oxygen atoms in total. The number of hydrogen-bond donors (Lipinski definition) is 0. The molecular formula is C17H27NS. The molecule has 19 heavy (non-hydrogen) atoms. The Balaban J connectivity index is 3.04. The van der Waals surface area contributed by atoms with E-state index in [1.54, 1.807) is 0 Å². The molecule has 0 aromatic rings. The third-order valence-electron chi connectivity index (χ3n) is 3.70. The van der Waals surface area contributed by atoms with Crippen molar-refractivity contribution in [3.05, 3.63) is 36.0 Å². The second-order valence-electron chi connectivity index (χ2n) is 5.34. The predicted octanol–water partition coefficient (Wildman–Crippen LogP) is 5.41. The Hall–Kier alpha value is -0.760. The van der Waals surface area contributed by atoms with Crippen molar-refractivity contribution < 1.29 is 0 Å². The largest absolute Gasteiger partial charge is 0.279 e. The summed E-state index contributed by atoms with van der Waals surface area (Å²) in [6.45, 7) is 9.01. The zero-order valence-corrected chi connectivity index (χ0v) is 13.8. The molecule has 0 radical (unpaired) electrons. The summed E-state index contributed by atoms with van der Waals surface area (Å²) in [6, 6.07) is 0. The van der Waals surface area contributed by atoms with E-state index in [1.165, 1.54) is 11.3 Å². The average molecular weight is 277 g/mol. The number of thioether (sulfide) groups is 1. The molecule has 0 fully saturated rings. The van der Waals surface area contributed by atoms with Gasteiger partial charge in [-0.05, 0) is 31.1 Å². The van der Waals surface area contributed by atoms with Crippen molar-refractivity contribution in [2.75, 3.05) is 6.26 Å². The van der Waals surface area contributed by atoms with Crippen molar-refractivity contribution in [3.8, 4) is 0 Å². The van der Waals surface area contributed by atoms with E-state index in [9.17, 15) is 0 Å². The maximum atomic E-state index is 4.99. The van der Waals surface area contributed by atoms with Crippen LogP contribution in [-0.2, 0) is 0 Å². The monoisotopic (exact) mass is 277 g/mol. The highest BCUT2D eigenvalue weighted by molar-refractivity contribution is 7.99. The molecule has 0 saturated carbocycles. The molecule has 1 atom stereocenters. The minimum Gasteiger partial charge on any atom is -0.279 e. The van der Waals surface area contributed by atoms with Crippen LogP contribution in [0.25, 0.3) is 0 Å². The van der Waals surface area contributed by atoms with Gasteiger partial charge in [-0.2, -0.15) is 0 Å². The topological polar surface area (TPSA) is 12.4 Å². The second kappa shape index (κ2) is 7.74. The van der Waals surface area contributed by atoms with Crippen molar-refractivity contribution >= 4 is 17.5 Å². The normalized spacial score (nSPS) is 18.2. The van der Waals surface area contributed by atoms with Crippen LogP contribution in [0.5, 0.6) is 0 Å². The highest BCUT2D eigenvalue weighted by Crippen LogP contribution is 2.33. The van der Waals surface area contributed by atoms with Crippen LogP contribution in [-0.4, -0.2) is 17.3 Å². The van der Waals surface area contributed by atoms with Crippen LogP contribution in [0.15, 0.2) is 40.9 Å². The van der Waals surface area contributed by atoms with Crippen LogP contribution in [0.4, 0.5) is 0 Å². The molecule has 1 aliphatic carbocycles. The van der Waals surface area contributed by atoms with Crippen molar-refractivity contribution in [2.24, 2.45) is 10.4 Å². The number of allylic oxidation sites excluding steroid dienone is 6. The van der Waals surface area contributed by atoms with E-state index in [0.717, 1.165) is 19.3 Å². The van der Waals surface area contributed by atoms with E-state index in [2.05, 4.69) is 64.3 Å². The van der Waals surface area contributed by atoms with Gasteiger partial charge in [0.05, 0.1) is 5.37 Å². The van der Waals surface area contributed by atoms with Crippen LogP contribution in [0, 0.1) is 5.41 Å². The van der Waals surface area contributed by atoms with Crippen LogP contribution in [0.2, 0.25) is 0 Å². The van der Waals surface area contributed by atoms with Gasteiger partial charge in [0, 0.05) is 11.1 Å². The van der Waals surface area contributed by atoms with Gasteiger partial charge in [-0.3, -0.25) is 4.99 Å². The Labute approximate surface area is 123 Å². The highest BCUT2D eigenvalue weighted by atomic mass is 32.2. The van der Waals surface area contributed by atoms with E-state index in [4.69, 9.17) is 4.99 Å². The van der Waals surface area contributed by atoms with Crippen molar-refractivity contribution in [1.82, 2.24) is 0 Å². The van der Waals surface area contributed by atoms with E-state index in [0.29, 0.717) is 5.37 Å². The molecule has 0 N–H and O–H groups in total. The summed E-state index contributed by atoms with van der Waals surface area (Å²) in [4.78, 5) is 4.99. The fraction of sp³-hybridized carbons (Fsp3) is 0.588. The summed E-state index contributed by atoms with van der Waals surface area (Å²) in [5.41, 5.74) is 2.72.